The van der Waals surface area contributed by atoms with Crippen LogP contribution in [0.25, 0.3) is 0 Å². The molecule has 0 nitrogen and oxygen atoms in total. The van der Waals surface area contributed by atoms with Crippen molar-refractivity contribution in [2.75, 3.05) is 11.1 Å². The van der Waals surface area contributed by atoms with E-state index in [0.29, 0.717) is 0 Å². The van der Waals surface area contributed by atoms with Crippen molar-refractivity contribution in [2.45, 2.75) is 44.9 Å². The Balaban J connectivity index is 2.59. The average molecular weight is 329 g/mol. The molecule has 1 aromatic rings. The minimum absolute atomic E-state index is 0.250. The fraction of sp³-hybridized carbons (Fsp3) is 0.625. The lowest BCUT2D eigenvalue weighted by Crippen LogP contribution is -2.13. The summed E-state index contributed by atoms with van der Waals surface area (Å²) in [6.45, 7) is 11.4. The molecule has 0 bridgehead atoms. The molecule has 0 aliphatic rings. The molecule has 0 fully saturated rings. The molecule has 0 aromatic heterocycles. The quantitative estimate of drug-likeness (QED) is 0.490. The van der Waals surface area contributed by atoms with Crippen molar-refractivity contribution in [3.05, 3.63) is 29.8 Å². The highest BCUT2D eigenvalue weighted by molar-refractivity contribution is 9.09. The van der Waals surface area contributed by atoms with Gasteiger partial charge >= 0.3 is 0 Å². The minimum Gasteiger partial charge on any atom is -0.126 e. The Morgan fingerprint density at radius 3 is 2.06 bits per heavy atom. The van der Waals surface area contributed by atoms with E-state index < -0.39 is 0 Å². The number of thioether (sulfide) groups is 1. The molecule has 0 heterocycles. The summed E-state index contributed by atoms with van der Waals surface area (Å²) >= 11 is 5.59. The zero-order valence-electron chi connectivity index (χ0n) is 12.2. The van der Waals surface area contributed by atoms with E-state index in [-0.39, 0.29) is 5.41 Å². The summed E-state index contributed by atoms with van der Waals surface area (Å²) in [7, 11) is 0. The van der Waals surface area contributed by atoms with Crippen LogP contribution in [0.3, 0.4) is 0 Å². The zero-order valence-corrected chi connectivity index (χ0v) is 14.6. The maximum atomic E-state index is 3.61. The molecule has 2 heteroatoms. The topological polar surface area (TPSA) is 0 Å². The van der Waals surface area contributed by atoms with E-state index in [1.165, 1.54) is 16.2 Å². The second-order valence-corrected chi connectivity index (χ2v) is 7.98. The fourth-order valence-electron chi connectivity index (χ4n) is 1.67. The van der Waals surface area contributed by atoms with Crippen LogP contribution in [0.2, 0.25) is 0 Å². The molecule has 0 radical (unpaired) electrons. The number of hydrogen-bond acceptors (Lipinski definition) is 1. The third kappa shape index (κ3) is 4.97. The monoisotopic (exact) mass is 328 g/mol. The fourth-order valence-corrected chi connectivity index (χ4v) is 4.19. The van der Waals surface area contributed by atoms with E-state index in [4.69, 9.17) is 0 Å². The second-order valence-electron chi connectivity index (χ2n) is 6.24. The van der Waals surface area contributed by atoms with Crippen molar-refractivity contribution in [1.82, 2.24) is 0 Å². The van der Waals surface area contributed by atoms with E-state index in [1.54, 1.807) is 0 Å². The van der Waals surface area contributed by atoms with Crippen molar-refractivity contribution in [2.24, 2.45) is 11.8 Å². The highest BCUT2D eigenvalue weighted by atomic mass is 79.9. The largest absolute Gasteiger partial charge is 0.126 e. The predicted molar refractivity (Wildman–Crippen MR) is 88.0 cm³/mol. The van der Waals surface area contributed by atoms with Gasteiger partial charge in [0.2, 0.25) is 0 Å². The Labute approximate surface area is 125 Å². The molecule has 0 saturated carbocycles. The lowest BCUT2D eigenvalue weighted by atomic mass is 9.87. The van der Waals surface area contributed by atoms with Gasteiger partial charge in [-0.25, -0.2) is 0 Å². The Kier molecular flexibility index (Phi) is 6.26. The maximum Gasteiger partial charge on any atom is 0.00722 e. The number of halogens is 1. The molecule has 1 aromatic carbocycles. The summed E-state index contributed by atoms with van der Waals surface area (Å²) in [4.78, 5) is 1.38. The van der Waals surface area contributed by atoms with E-state index in [1.807, 2.05) is 11.8 Å². The van der Waals surface area contributed by atoms with E-state index >= 15 is 0 Å². The van der Waals surface area contributed by atoms with Crippen LogP contribution in [0.4, 0.5) is 0 Å². The summed E-state index contributed by atoms with van der Waals surface area (Å²) in [5.74, 6) is 2.68. The van der Waals surface area contributed by atoms with Gasteiger partial charge in [-0.3, -0.25) is 0 Å². The van der Waals surface area contributed by atoms with Gasteiger partial charge in [-0.15, -0.1) is 11.8 Å². The molecule has 0 saturated heterocycles. The van der Waals surface area contributed by atoms with E-state index in [9.17, 15) is 0 Å². The van der Waals surface area contributed by atoms with Crippen LogP contribution < -0.4 is 0 Å². The van der Waals surface area contributed by atoms with Gasteiger partial charge in [0, 0.05) is 16.0 Å². The van der Waals surface area contributed by atoms with Crippen LogP contribution in [-0.2, 0) is 5.41 Å². The number of rotatable bonds is 5. The second kappa shape index (κ2) is 7.00. The SMILES string of the molecule is CC(C)C(CBr)CSc1ccc(C(C)(C)C)cc1. The van der Waals surface area contributed by atoms with Gasteiger partial charge < -0.3 is 0 Å². The van der Waals surface area contributed by atoms with Gasteiger partial charge in [0.15, 0.2) is 0 Å². The third-order valence-electron chi connectivity index (χ3n) is 3.33. The molecule has 18 heavy (non-hydrogen) atoms. The van der Waals surface area contributed by atoms with E-state index in [0.717, 1.165) is 17.2 Å². The van der Waals surface area contributed by atoms with Gasteiger partial charge in [0.05, 0.1) is 0 Å². The predicted octanol–water partition coefficient (Wildman–Crippen LogP) is 5.74. The third-order valence-corrected chi connectivity index (χ3v) is 5.36. The summed E-state index contributed by atoms with van der Waals surface area (Å²) in [5.41, 5.74) is 1.66. The van der Waals surface area contributed by atoms with Crippen LogP contribution in [0, 0.1) is 11.8 Å². The summed E-state index contributed by atoms with van der Waals surface area (Å²) in [6, 6.07) is 9.05. The van der Waals surface area contributed by atoms with Crippen LogP contribution in [-0.4, -0.2) is 11.1 Å². The van der Waals surface area contributed by atoms with Crippen LogP contribution in [0.1, 0.15) is 40.2 Å². The van der Waals surface area contributed by atoms with Gasteiger partial charge in [0.25, 0.3) is 0 Å². The molecule has 1 unspecified atom stereocenters. The number of alkyl halides is 1. The Bertz CT molecular complexity index is 348. The van der Waals surface area contributed by atoms with Gasteiger partial charge in [-0.1, -0.05) is 62.7 Å². The van der Waals surface area contributed by atoms with Crippen LogP contribution >= 0.6 is 27.7 Å². The first-order valence-corrected chi connectivity index (χ1v) is 8.74. The Morgan fingerprint density at radius 2 is 1.67 bits per heavy atom. The first-order valence-electron chi connectivity index (χ1n) is 6.64. The van der Waals surface area contributed by atoms with Gasteiger partial charge in [-0.05, 0) is 34.9 Å². The summed E-state index contributed by atoms with van der Waals surface area (Å²) in [6.07, 6.45) is 0. The van der Waals surface area contributed by atoms with Crippen molar-refractivity contribution >= 4 is 27.7 Å². The maximum absolute atomic E-state index is 3.61. The van der Waals surface area contributed by atoms with Crippen molar-refractivity contribution < 1.29 is 0 Å². The molecule has 0 N–H and O–H groups in total. The highest BCUT2D eigenvalue weighted by Gasteiger charge is 2.14. The smallest absolute Gasteiger partial charge is 0.00722 e. The molecule has 0 aliphatic carbocycles. The molecular weight excluding hydrogens is 304 g/mol. The van der Waals surface area contributed by atoms with Gasteiger partial charge in [0.1, 0.15) is 0 Å². The standard InChI is InChI=1S/C16H25BrS/c1-12(2)13(10-17)11-18-15-8-6-14(7-9-15)16(3,4)5/h6-9,12-13H,10-11H2,1-5H3. The molecule has 1 atom stereocenters. The van der Waals surface area contributed by atoms with Crippen molar-refractivity contribution in [1.29, 1.82) is 0 Å². The lowest BCUT2D eigenvalue weighted by molar-refractivity contribution is 0.474. The summed E-state index contributed by atoms with van der Waals surface area (Å²) in [5, 5.41) is 1.09. The zero-order chi connectivity index (χ0) is 13.8. The Hall–Kier alpha value is 0.0500. The van der Waals surface area contributed by atoms with Crippen LogP contribution in [0.5, 0.6) is 0 Å². The molecule has 102 valence electrons. The molecule has 0 amide bonds. The average Bonchev–Trinajstić information content (AvgIpc) is 2.29. The number of hydrogen-bond donors (Lipinski definition) is 0. The van der Waals surface area contributed by atoms with Crippen LogP contribution in [0.15, 0.2) is 29.2 Å². The molecule has 1 rings (SSSR count). The molecule has 0 spiro atoms. The lowest BCUT2D eigenvalue weighted by Gasteiger charge is -2.20. The number of benzene rings is 1. The molecule has 0 aliphatic heterocycles. The van der Waals surface area contributed by atoms with Crippen molar-refractivity contribution in [3.8, 4) is 0 Å². The Morgan fingerprint density at radius 1 is 1.11 bits per heavy atom. The highest BCUT2D eigenvalue weighted by Crippen LogP contribution is 2.28. The molecular formula is C16H25BrS. The normalized spacial score (nSPS) is 13.9. The first kappa shape index (κ1) is 16.1. The summed E-state index contributed by atoms with van der Waals surface area (Å²) < 4.78 is 0. The first-order chi connectivity index (χ1) is 8.34. The van der Waals surface area contributed by atoms with Crippen molar-refractivity contribution in [3.63, 3.8) is 0 Å². The van der Waals surface area contributed by atoms with E-state index in [2.05, 4.69) is 74.8 Å². The minimum atomic E-state index is 0.250. The van der Waals surface area contributed by atoms with Gasteiger partial charge in [-0.2, -0.15) is 0 Å².